The van der Waals surface area contributed by atoms with Crippen molar-refractivity contribution in [1.29, 1.82) is 0 Å². The molecule has 0 amide bonds. The van der Waals surface area contributed by atoms with Gasteiger partial charge in [-0.3, -0.25) is 15.7 Å². The van der Waals surface area contributed by atoms with Crippen molar-refractivity contribution < 1.29 is 0 Å². The molecule has 0 fully saturated rings. The number of nitrogens with two attached hydrogens (primary N) is 1. The van der Waals surface area contributed by atoms with Gasteiger partial charge < -0.3 is 0 Å². The van der Waals surface area contributed by atoms with Gasteiger partial charge in [-0.15, -0.1) is 11.3 Å². The Bertz CT molecular complexity index is 431. The van der Waals surface area contributed by atoms with Gasteiger partial charge in [0.15, 0.2) is 4.96 Å². The molecule has 0 aromatic carbocycles. The van der Waals surface area contributed by atoms with Gasteiger partial charge in [-0.05, 0) is 18.8 Å². The molecule has 2 heterocycles. The van der Waals surface area contributed by atoms with Crippen LogP contribution < -0.4 is 11.3 Å². The fraction of sp³-hybridized carbons (Fsp3) is 0.583. The van der Waals surface area contributed by atoms with Crippen molar-refractivity contribution in [1.82, 2.24) is 14.8 Å². The molecule has 2 aromatic rings. The molecule has 0 bridgehead atoms. The Morgan fingerprint density at radius 3 is 2.94 bits per heavy atom. The van der Waals surface area contributed by atoms with Gasteiger partial charge in [0, 0.05) is 30.2 Å². The smallest absolute Gasteiger partial charge is 0.193 e. The molecule has 4 nitrogen and oxygen atoms in total. The Labute approximate surface area is 106 Å². The fourth-order valence-electron chi connectivity index (χ4n) is 1.91. The highest BCUT2D eigenvalue weighted by Crippen LogP contribution is 2.14. The second kappa shape index (κ2) is 5.62. The average Bonchev–Trinajstić information content (AvgIpc) is 2.83. The van der Waals surface area contributed by atoms with Crippen LogP contribution in [-0.2, 0) is 6.42 Å². The predicted molar refractivity (Wildman–Crippen MR) is 72.0 cm³/mol. The maximum absolute atomic E-state index is 5.59. The van der Waals surface area contributed by atoms with Crippen molar-refractivity contribution in [3.8, 4) is 0 Å². The number of hydrogen-bond donors (Lipinski definition) is 2. The maximum atomic E-state index is 5.59. The molecule has 0 spiro atoms. The van der Waals surface area contributed by atoms with E-state index in [2.05, 4.69) is 34.9 Å². The van der Waals surface area contributed by atoms with E-state index in [0.717, 1.165) is 29.4 Å². The maximum Gasteiger partial charge on any atom is 0.193 e. The lowest BCUT2D eigenvalue weighted by Crippen LogP contribution is -2.37. The molecule has 0 aliphatic rings. The minimum Gasteiger partial charge on any atom is -0.297 e. The Morgan fingerprint density at radius 2 is 2.29 bits per heavy atom. The number of imidazole rings is 1. The van der Waals surface area contributed by atoms with Crippen LogP contribution in [0.4, 0.5) is 0 Å². The summed E-state index contributed by atoms with van der Waals surface area (Å²) in [5.74, 6) is 6.31. The van der Waals surface area contributed by atoms with Gasteiger partial charge in [0.2, 0.25) is 0 Å². The van der Waals surface area contributed by atoms with E-state index in [1.807, 2.05) is 11.6 Å². The SMILES string of the molecule is CC(C)CCC(Cc1cn2ccsc2n1)NN. The lowest BCUT2D eigenvalue weighted by atomic mass is 10.0. The average molecular weight is 252 g/mol. The van der Waals surface area contributed by atoms with E-state index in [1.54, 1.807) is 11.3 Å². The zero-order valence-electron chi connectivity index (χ0n) is 10.4. The van der Waals surface area contributed by atoms with Crippen molar-refractivity contribution in [3.63, 3.8) is 0 Å². The summed E-state index contributed by atoms with van der Waals surface area (Å²) in [6, 6.07) is 0.321. The van der Waals surface area contributed by atoms with Crippen molar-refractivity contribution in [2.45, 2.75) is 39.2 Å². The first kappa shape index (κ1) is 12.5. The fourth-order valence-corrected chi connectivity index (χ4v) is 2.62. The number of thiazole rings is 1. The third kappa shape index (κ3) is 3.28. The summed E-state index contributed by atoms with van der Waals surface area (Å²) in [7, 11) is 0. The first-order valence-electron chi connectivity index (χ1n) is 6.06. The highest BCUT2D eigenvalue weighted by Gasteiger charge is 2.11. The summed E-state index contributed by atoms with van der Waals surface area (Å²) in [6.45, 7) is 4.47. The number of fused-ring (bicyclic) bond motifs is 1. The Morgan fingerprint density at radius 1 is 1.47 bits per heavy atom. The summed E-state index contributed by atoms with van der Waals surface area (Å²) in [5.41, 5.74) is 4.01. The molecular weight excluding hydrogens is 232 g/mol. The highest BCUT2D eigenvalue weighted by molar-refractivity contribution is 7.15. The van der Waals surface area contributed by atoms with E-state index >= 15 is 0 Å². The largest absolute Gasteiger partial charge is 0.297 e. The first-order chi connectivity index (χ1) is 8.19. The van der Waals surface area contributed by atoms with Gasteiger partial charge in [-0.25, -0.2) is 4.98 Å². The van der Waals surface area contributed by atoms with Crippen LogP contribution in [0.5, 0.6) is 0 Å². The van der Waals surface area contributed by atoms with E-state index in [0.29, 0.717) is 6.04 Å². The summed E-state index contributed by atoms with van der Waals surface area (Å²) in [4.78, 5) is 5.63. The molecule has 1 unspecified atom stereocenters. The van der Waals surface area contributed by atoms with Gasteiger partial charge in [-0.1, -0.05) is 13.8 Å². The van der Waals surface area contributed by atoms with Crippen molar-refractivity contribution in [3.05, 3.63) is 23.5 Å². The summed E-state index contributed by atoms with van der Waals surface area (Å²) in [5, 5.41) is 2.05. The van der Waals surface area contributed by atoms with Gasteiger partial charge in [0.25, 0.3) is 0 Å². The Balaban J connectivity index is 1.95. The van der Waals surface area contributed by atoms with E-state index < -0.39 is 0 Å². The second-order valence-electron chi connectivity index (χ2n) is 4.86. The molecule has 2 aromatic heterocycles. The van der Waals surface area contributed by atoms with Gasteiger partial charge in [0.05, 0.1) is 5.69 Å². The normalized spacial score (nSPS) is 13.6. The number of hydrazine groups is 1. The van der Waals surface area contributed by atoms with E-state index in [9.17, 15) is 0 Å². The number of rotatable bonds is 6. The van der Waals surface area contributed by atoms with Crippen LogP contribution in [0, 0.1) is 5.92 Å². The molecule has 5 heteroatoms. The van der Waals surface area contributed by atoms with E-state index in [4.69, 9.17) is 5.84 Å². The Kier molecular flexibility index (Phi) is 4.15. The highest BCUT2D eigenvalue weighted by atomic mass is 32.1. The lowest BCUT2D eigenvalue weighted by molar-refractivity contribution is 0.432. The summed E-state index contributed by atoms with van der Waals surface area (Å²) in [6.07, 6.45) is 7.31. The summed E-state index contributed by atoms with van der Waals surface area (Å²) < 4.78 is 2.07. The van der Waals surface area contributed by atoms with E-state index in [1.165, 1.54) is 6.42 Å². The lowest BCUT2D eigenvalue weighted by Gasteiger charge is -2.15. The van der Waals surface area contributed by atoms with Crippen LogP contribution in [0.25, 0.3) is 4.96 Å². The van der Waals surface area contributed by atoms with Crippen LogP contribution in [0.15, 0.2) is 17.8 Å². The zero-order valence-corrected chi connectivity index (χ0v) is 11.2. The van der Waals surface area contributed by atoms with Crippen LogP contribution >= 0.6 is 11.3 Å². The van der Waals surface area contributed by atoms with Crippen LogP contribution in [0.2, 0.25) is 0 Å². The summed E-state index contributed by atoms with van der Waals surface area (Å²) >= 11 is 1.66. The molecular formula is C12H20N4S. The number of nitrogens with one attached hydrogen (secondary N) is 1. The number of aromatic nitrogens is 2. The van der Waals surface area contributed by atoms with Gasteiger partial charge in [-0.2, -0.15) is 0 Å². The molecule has 0 aliphatic carbocycles. The Hall–Kier alpha value is -0.910. The molecule has 0 aliphatic heterocycles. The van der Waals surface area contributed by atoms with Crippen LogP contribution in [0.1, 0.15) is 32.4 Å². The van der Waals surface area contributed by atoms with Crippen molar-refractivity contribution in [2.24, 2.45) is 11.8 Å². The molecule has 0 saturated carbocycles. The molecule has 17 heavy (non-hydrogen) atoms. The van der Waals surface area contributed by atoms with Crippen molar-refractivity contribution >= 4 is 16.3 Å². The topological polar surface area (TPSA) is 55.3 Å². The third-order valence-corrected chi connectivity index (χ3v) is 3.70. The van der Waals surface area contributed by atoms with Crippen molar-refractivity contribution in [2.75, 3.05) is 0 Å². The van der Waals surface area contributed by atoms with Crippen LogP contribution in [0.3, 0.4) is 0 Å². The van der Waals surface area contributed by atoms with Gasteiger partial charge >= 0.3 is 0 Å². The molecule has 3 N–H and O–H groups in total. The minimum atomic E-state index is 0.321. The molecule has 0 saturated heterocycles. The quantitative estimate of drug-likeness (QED) is 0.612. The molecule has 94 valence electrons. The molecule has 0 radical (unpaired) electrons. The molecule has 1 atom stereocenters. The van der Waals surface area contributed by atoms with Gasteiger partial charge in [0.1, 0.15) is 0 Å². The van der Waals surface area contributed by atoms with Crippen LogP contribution in [-0.4, -0.2) is 15.4 Å². The first-order valence-corrected chi connectivity index (χ1v) is 6.94. The zero-order chi connectivity index (χ0) is 12.3. The minimum absolute atomic E-state index is 0.321. The third-order valence-electron chi connectivity index (χ3n) is 2.93. The standard InChI is InChI=1S/C12H20N4S/c1-9(2)3-4-10(15-13)7-11-8-16-5-6-17-12(16)14-11/h5-6,8-10,15H,3-4,7,13H2,1-2H3. The van der Waals surface area contributed by atoms with E-state index in [-0.39, 0.29) is 0 Å². The monoisotopic (exact) mass is 252 g/mol. The second-order valence-corrected chi connectivity index (χ2v) is 5.74. The predicted octanol–water partition coefficient (Wildman–Crippen LogP) is 2.21. The number of hydrogen-bond acceptors (Lipinski definition) is 4. The molecule has 2 rings (SSSR count). The number of nitrogens with zero attached hydrogens (tertiary/aromatic N) is 2.